The summed E-state index contributed by atoms with van der Waals surface area (Å²) in [5.74, 6) is 0.814. The van der Waals surface area contributed by atoms with Crippen LogP contribution in [0.4, 0.5) is 0 Å². The van der Waals surface area contributed by atoms with E-state index in [1.165, 1.54) is 30.9 Å². The van der Waals surface area contributed by atoms with Crippen molar-refractivity contribution < 1.29 is 0 Å². The van der Waals surface area contributed by atoms with Crippen LogP contribution in [0.15, 0.2) is 11.6 Å². The molecule has 1 fully saturated rings. The van der Waals surface area contributed by atoms with Gasteiger partial charge in [-0.3, -0.25) is 0 Å². The normalized spacial score (nSPS) is 22.5. The van der Waals surface area contributed by atoms with Crippen molar-refractivity contribution in [1.29, 1.82) is 0 Å². The summed E-state index contributed by atoms with van der Waals surface area (Å²) >= 11 is 1.74. The predicted molar refractivity (Wildman–Crippen MR) is 73.3 cm³/mol. The van der Waals surface area contributed by atoms with Gasteiger partial charge >= 0.3 is 0 Å². The molecule has 0 aliphatic carbocycles. The van der Waals surface area contributed by atoms with E-state index in [1.807, 2.05) is 11.6 Å². The molecule has 1 N–H and O–H groups in total. The van der Waals surface area contributed by atoms with Gasteiger partial charge in [0.2, 0.25) is 0 Å². The minimum Gasteiger partial charge on any atom is -0.306 e. The van der Waals surface area contributed by atoms with Crippen LogP contribution in [0.3, 0.4) is 0 Å². The van der Waals surface area contributed by atoms with E-state index in [-0.39, 0.29) is 0 Å². The first kappa shape index (κ1) is 13.0. The maximum Gasteiger partial charge on any atom is 0.109 e. The van der Waals surface area contributed by atoms with Gasteiger partial charge in [0.25, 0.3) is 0 Å². The molecule has 2 unspecified atom stereocenters. The number of rotatable bonds is 4. The molecule has 0 saturated carbocycles. The van der Waals surface area contributed by atoms with Crippen molar-refractivity contribution >= 4 is 11.3 Å². The van der Waals surface area contributed by atoms with Gasteiger partial charge < -0.3 is 10.2 Å². The molecule has 2 rings (SSSR count). The number of nitrogens with one attached hydrogen (secondary N) is 1. The Kier molecular flexibility index (Phi) is 4.54. The van der Waals surface area contributed by atoms with Crippen LogP contribution >= 0.6 is 11.3 Å². The summed E-state index contributed by atoms with van der Waals surface area (Å²) < 4.78 is 0. The molecule has 0 spiro atoms. The quantitative estimate of drug-likeness (QED) is 0.894. The standard InChI is InChI=1S/C13H23N3S/c1-10(12-4-7-16(3)8-5-12)15-11(2)13-14-6-9-17-13/h6,9-12,15H,4-5,7-8H2,1-3H3. The summed E-state index contributed by atoms with van der Waals surface area (Å²) in [5.41, 5.74) is 0. The summed E-state index contributed by atoms with van der Waals surface area (Å²) in [4.78, 5) is 6.80. The van der Waals surface area contributed by atoms with E-state index < -0.39 is 0 Å². The van der Waals surface area contributed by atoms with Crippen LogP contribution in [-0.2, 0) is 0 Å². The third-order valence-electron chi connectivity index (χ3n) is 3.81. The number of thiazole rings is 1. The van der Waals surface area contributed by atoms with Crippen molar-refractivity contribution in [3.8, 4) is 0 Å². The van der Waals surface area contributed by atoms with Crippen LogP contribution in [-0.4, -0.2) is 36.1 Å². The Balaban J connectivity index is 1.82. The van der Waals surface area contributed by atoms with Gasteiger partial charge in [-0.2, -0.15) is 0 Å². The third-order valence-corrected chi connectivity index (χ3v) is 4.76. The van der Waals surface area contributed by atoms with Gasteiger partial charge in [0.15, 0.2) is 0 Å². The molecule has 1 aliphatic rings. The highest BCUT2D eigenvalue weighted by atomic mass is 32.1. The largest absolute Gasteiger partial charge is 0.306 e. The number of hydrogen-bond acceptors (Lipinski definition) is 4. The minimum absolute atomic E-state index is 0.379. The van der Waals surface area contributed by atoms with Crippen molar-refractivity contribution in [3.05, 3.63) is 16.6 Å². The Labute approximate surface area is 108 Å². The van der Waals surface area contributed by atoms with Crippen LogP contribution in [0.25, 0.3) is 0 Å². The van der Waals surface area contributed by atoms with Crippen molar-refractivity contribution in [2.45, 2.75) is 38.8 Å². The Morgan fingerprint density at radius 2 is 2.12 bits per heavy atom. The van der Waals surface area contributed by atoms with E-state index in [1.54, 1.807) is 11.3 Å². The molecular weight excluding hydrogens is 230 g/mol. The third kappa shape index (κ3) is 3.50. The molecule has 1 aromatic heterocycles. The maximum atomic E-state index is 4.37. The molecule has 1 aromatic rings. The molecule has 0 bridgehead atoms. The summed E-state index contributed by atoms with van der Waals surface area (Å²) in [7, 11) is 2.21. The molecule has 96 valence electrons. The first-order valence-electron chi connectivity index (χ1n) is 6.51. The van der Waals surface area contributed by atoms with E-state index in [9.17, 15) is 0 Å². The van der Waals surface area contributed by atoms with Gasteiger partial charge in [0.1, 0.15) is 5.01 Å². The summed E-state index contributed by atoms with van der Waals surface area (Å²) in [5, 5.41) is 6.94. The molecule has 0 radical (unpaired) electrons. The van der Waals surface area contributed by atoms with Crippen LogP contribution in [0.1, 0.15) is 37.7 Å². The lowest BCUT2D eigenvalue weighted by Crippen LogP contribution is -2.41. The highest BCUT2D eigenvalue weighted by Crippen LogP contribution is 2.23. The second-order valence-corrected chi connectivity index (χ2v) is 6.11. The topological polar surface area (TPSA) is 28.2 Å². The van der Waals surface area contributed by atoms with Gasteiger partial charge in [-0.05, 0) is 52.7 Å². The molecule has 1 saturated heterocycles. The molecule has 2 atom stereocenters. The van der Waals surface area contributed by atoms with Crippen LogP contribution in [0.5, 0.6) is 0 Å². The monoisotopic (exact) mass is 253 g/mol. The van der Waals surface area contributed by atoms with E-state index in [0.717, 1.165) is 5.92 Å². The fraction of sp³-hybridized carbons (Fsp3) is 0.769. The number of likely N-dealkylation sites (tertiary alicyclic amines) is 1. The second kappa shape index (κ2) is 5.94. The lowest BCUT2D eigenvalue weighted by atomic mass is 9.90. The van der Waals surface area contributed by atoms with Gasteiger partial charge in [-0.25, -0.2) is 4.98 Å². The van der Waals surface area contributed by atoms with Gasteiger partial charge in [0.05, 0.1) is 6.04 Å². The molecule has 4 heteroatoms. The smallest absolute Gasteiger partial charge is 0.109 e. The van der Waals surface area contributed by atoms with E-state index in [0.29, 0.717) is 12.1 Å². The predicted octanol–water partition coefficient (Wildman–Crippen LogP) is 2.52. The van der Waals surface area contributed by atoms with Crippen LogP contribution < -0.4 is 5.32 Å². The van der Waals surface area contributed by atoms with E-state index in [2.05, 4.69) is 36.1 Å². The number of aromatic nitrogens is 1. The fourth-order valence-electron chi connectivity index (χ4n) is 2.58. The van der Waals surface area contributed by atoms with Crippen molar-refractivity contribution in [1.82, 2.24) is 15.2 Å². The molecule has 1 aliphatic heterocycles. The molecule has 0 aromatic carbocycles. The zero-order chi connectivity index (χ0) is 12.3. The number of hydrogen-bond donors (Lipinski definition) is 1. The van der Waals surface area contributed by atoms with Gasteiger partial charge in [-0.1, -0.05) is 0 Å². The lowest BCUT2D eigenvalue weighted by molar-refractivity contribution is 0.185. The first-order chi connectivity index (χ1) is 8.16. The highest BCUT2D eigenvalue weighted by Gasteiger charge is 2.23. The zero-order valence-electron chi connectivity index (χ0n) is 11.0. The highest BCUT2D eigenvalue weighted by molar-refractivity contribution is 7.09. The Bertz CT molecular complexity index is 317. The lowest BCUT2D eigenvalue weighted by Gasteiger charge is -2.34. The average Bonchev–Trinajstić information content (AvgIpc) is 2.83. The summed E-state index contributed by atoms with van der Waals surface area (Å²) in [6.07, 6.45) is 4.52. The molecular formula is C13H23N3S. The summed E-state index contributed by atoms with van der Waals surface area (Å²) in [6.45, 7) is 7.01. The van der Waals surface area contributed by atoms with Crippen LogP contribution in [0, 0.1) is 5.92 Å². The summed E-state index contributed by atoms with van der Waals surface area (Å²) in [6, 6.07) is 0.965. The van der Waals surface area contributed by atoms with E-state index >= 15 is 0 Å². The van der Waals surface area contributed by atoms with Crippen molar-refractivity contribution in [2.75, 3.05) is 20.1 Å². The molecule has 0 amide bonds. The SMILES string of the molecule is CC(NC(C)C1CCN(C)CC1)c1nccs1. The van der Waals surface area contributed by atoms with Crippen molar-refractivity contribution in [3.63, 3.8) is 0 Å². The van der Waals surface area contributed by atoms with Gasteiger partial charge in [-0.15, -0.1) is 11.3 Å². The first-order valence-corrected chi connectivity index (χ1v) is 7.38. The minimum atomic E-state index is 0.379. The van der Waals surface area contributed by atoms with Crippen molar-refractivity contribution in [2.24, 2.45) is 5.92 Å². The van der Waals surface area contributed by atoms with Crippen LogP contribution in [0.2, 0.25) is 0 Å². The maximum absolute atomic E-state index is 4.37. The molecule has 2 heterocycles. The van der Waals surface area contributed by atoms with E-state index in [4.69, 9.17) is 0 Å². The Morgan fingerprint density at radius 1 is 1.41 bits per heavy atom. The average molecular weight is 253 g/mol. The fourth-order valence-corrected chi connectivity index (χ4v) is 3.23. The zero-order valence-corrected chi connectivity index (χ0v) is 11.8. The molecule has 3 nitrogen and oxygen atoms in total. The second-order valence-electron chi connectivity index (χ2n) is 5.19. The Hall–Kier alpha value is -0.450. The number of nitrogens with zero attached hydrogens (tertiary/aromatic N) is 2. The molecule has 17 heavy (non-hydrogen) atoms. The number of piperidine rings is 1. The Morgan fingerprint density at radius 3 is 2.71 bits per heavy atom. The van der Waals surface area contributed by atoms with Gasteiger partial charge in [0, 0.05) is 17.6 Å².